The highest BCUT2D eigenvalue weighted by atomic mass is 16.5. The van der Waals surface area contributed by atoms with Crippen molar-refractivity contribution in [1.82, 2.24) is 9.97 Å². The Morgan fingerprint density at radius 3 is 2.76 bits per heavy atom. The lowest BCUT2D eigenvalue weighted by Gasteiger charge is -2.14. The number of para-hydroxylation sites is 1. The molecule has 1 heterocycles. The number of H-pyrrole nitrogens is 1. The van der Waals surface area contributed by atoms with Crippen LogP contribution in [0, 0.1) is 18.3 Å². The van der Waals surface area contributed by atoms with E-state index in [2.05, 4.69) is 16.0 Å². The van der Waals surface area contributed by atoms with Crippen LogP contribution in [0.2, 0.25) is 0 Å². The summed E-state index contributed by atoms with van der Waals surface area (Å²) in [5, 5.41) is 19.0. The number of carboxylic acids is 1. The van der Waals surface area contributed by atoms with Gasteiger partial charge in [0.25, 0.3) is 0 Å². The molecule has 164 valence electrons. The summed E-state index contributed by atoms with van der Waals surface area (Å²) >= 11 is 0. The van der Waals surface area contributed by atoms with E-state index in [1.807, 2.05) is 31.2 Å². The van der Waals surface area contributed by atoms with Gasteiger partial charge in [-0.15, -0.1) is 0 Å². The summed E-state index contributed by atoms with van der Waals surface area (Å²) < 4.78 is 11.5. The van der Waals surface area contributed by atoms with E-state index < -0.39 is 5.97 Å². The summed E-state index contributed by atoms with van der Waals surface area (Å²) in [4.78, 5) is 19.0. The number of carbonyl (C=O) groups is 1. The molecule has 0 saturated heterocycles. The van der Waals surface area contributed by atoms with Crippen LogP contribution in [-0.4, -0.2) is 28.2 Å². The third kappa shape index (κ3) is 4.70. The number of rotatable bonds is 7. The number of ether oxygens (including phenoxy) is 2. The predicted molar refractivity (Wildman–Crippen MR) is 125 cm³/mol. The number of hydrogen-bond acceptors (Lipinski definition) is 5. The van der Waals surface area contributed by atoms with Gasteiger partial charge in [0.2, 0.25) is 0 Å². The van der Waals surface area contributed by atoms with Crippen LogP contribution >= 0.6 is 0 Å². The Hall–Kier alpha value is -4.57. The van der Waals surface area contributed by atoms with E-state index in [9.17, 15) is 15.2 Å². The van der Waals surface area contributed by atoms with Crippen molar-refractivity contribution in [3.63, 3.8) is 0 Å². The minimum atomic E-state index is -1.00. The number of aromatic nitrogens is 2. The molecule has 0 saturated carbocycles. The summed E-state index contributed by atoms with van der Waals surface area (Å²) in [5.41, 5.74) is 4.58. The van der Waals surface area contributed by atoms with E-state index in [4.69, 9.17) is 9.47 Å². The number of imidazole rings is 1. The number of hydrogen-bond donors (Lipinski definition) is 2. The molecule has 4 aromatic rings. The molecule has 0 bridgehead atoms. The largest absolute Gasteiger partial charge is 0.493 e. The van der Waals surface area contributed by atoms with Gasteiger partial charge in [0, 0.05) is 5.56 Å². The maximum absolute atomic E-state index is 11.2. The molecular weight excluding hydrogens is 418 g/mol. The maximum atomic E-state index is 11.2. The number of nitriles is 1. The van der Waals surface area contributed by atoms with E-state index in [0.29, 0.717) is 34.0 Å². The van der Waals surface area contributed by atoms with Crippen molar-refractivity contribution < 1.29 is 19.4 Å². The molecule has 0 fully saturated rings. The molecule has 7 heteroatoms. The number of nitrogens with one attached hydrogen (secondary N) is 1. The predicted octanol–water partition coefficient (Wildman–Crippen LogP) is 5.22. The summed E-state index contributed by atoms with van der Waals surface area (Å²) in [5.74, 6) is 0.398. The molecule has 0 atom stereocenters. The van der Waals surface area contributed by atoms with E-state index in [1.165, 1.54) is 13.2 Å². The van der Waals surface area contributed by atoms with Crippen LogP contribution in [0.1, 0.15) is 32.9 Å². The third-order valence-electron chi connectivity index (χ3n) is 5.10. The van der Waals surface area contributed by atoms with Gasteiger partial charge in [-0.25, -0.2) is 9.78 Å². The molecule has 1 aromatic heterocycles. The van der Waals surface area contributed by atoms with Crippen LogP contribution in [0.3, 0.4) is 0 Å². The van der Waals surface area contributed by atoms with E-state index in [1.54, 1.807) is 36.4 Å². The van der Waals surface area contributed by atoms with Gasteiger partial charge in [-0.05, 0) is 54.5 Å². The number of methoxy groups -OCH3 is 1. The molecule has 0 aliphatic rings. The standard InChI is InChI=1S/C26H21N3O4/c1-16-9-10-21-22(11-16)29-25(28-21)20(14-27)13-18-6-4-8-23(32-2)24(18)33-15-17-5-3-7-19(12-17)26(30)31/h3-13H,15H2,1-2H3,(H,28,29)(H,30,31)/b20-13-. The Balaban J connectivity index is 1.69. The molecule has 7 nitrogen and oxygen atoms in total. The fourth-order valence-corrected chi connectivity index (χ4v) is 3.47. The van der Waals surface area contributed by atoms with Gasteiger partial charge < -0.3 is 19.6 Å². The molecule has 4 rings (SSSR count). The zero-order valence-electron chi connectivity index (χ0n) is 18.1. The molecule has 0 amide bonds. The van der Waals surface area contributed by atoms with E-state index in [0.717, 1.165) is 16.6 Å². The smallest absolute Gasteiger partial charge is 0.335 e. The van der Waals surface area contributed by atoms with Crippen molar-refractivity contribution >= 4 is 28.7 Å². The fourth-order valence-electron chi connectivity index (χ4n) is 3.47. The first-order chi connectivity index (χ1) is 16.0. The van der Waals surface area contributed by atoms with Gasteiger partial charge in [-0.1, -0.05) is 30.3 Å². The molecular formula is C26H21N3O4. The Morgan fingerprint density at radius 1 is 1.18 bits per heavy atom. The second-order valence-corrected chi connectivity index (χ2v) is 7.45. The summed E-state index contributed by atoms with van der Waals surface area (Å²) in [6.45, 7) is 2.13. The minimum Gasteiger partial charge on any atom is -0.493 e. The summed E-state index contributed by atoms with van der Waals surface area (Å²) in [6, 6.07) is 20.0. The Kier molecular flexibility index (Phi) is 6.09. The fraction of sp³-hybridized carbons (Fsp3) is 0.115. The van der Waals surface area contributed by atoms with Gasteiger partial charge in [-0.2, -0.15) is 5.26 Å². The molecule has 0 spiro atoms. The molecule has 0 aliphatic heterocycles. The van der Waals surface area contributed by atoms with E-state index >= 15 is 0 Å². The lowest BCUT2D eigenvalue weighted by molar-refractivity contribution is 0.0696. The number of aromatic amines is 1. The zero-order valence-corrected chi connectivity index (χ0v) is 18.1. The van der Waals surface area contributed by atoms with Crippen LogP contribution in [0.4, 0.5) is 0 Å². The van der Waals surface area contributed by atoms with Crippen LogP contribution in [-0.2, 0) is 6.61 Å². The average molecular weight is 439 g/mol. The van der Waals surface area contributed by atoms with Gasteiger partial charge in [-0.3, -0.25) is 0 Å². The van der Waals surface area contributed by atoms with Crippen molar-refractivity contribution in [3.05, 3.63) is 88.7 Å². The van der Waals surface area contributed by atoms with Gasteiger partial charge in [0.05, 0.1) is 29.3 Å². The number of aromatic carboxylic acids is 1. The molecule has 0 radical (unpaired) electrons. The normalized spacial score (nSPS) is 11.2. The van der Waals surface area contributed by atoms with Crippen molar-refractivity contribution in [3.8, 4) is 17.6 Å². The Labute approximate surface area is 190 Å². The minimum absolute atomic E-state index is 0.133. The SMILES string of the molecule is COc1cccc(/C=C(/C#N)c2nc3ccc(C)cc3[nH]2)c1OCc1cccc(C(=O)O)c1. The second-order valence-electron chi connectivity index (χ2n) is 7.45. The van der Waals surface area contributed by atoms with Crippen LogP contribution in [0.25, 0.3) is 22.7 Å². The first-order valence-electron chi connectivity index (χ1n) is 10.2. The molecule has 33 heavy (non-hydrogen) atoms. The first-order valence-corrected chi connectivity index (χ1v) is 10.2. The van der Waals surface area contributed by atoms with E-state index in [-0.39, 0.29) is 12.2 Å². The number of carboxylic acid groups (broad SMARTS) is 1. The number of nitrogens with zero attached hydrogens (tertiary/aromatic N) is 2. The topological polar surface area (TPSA) is 108 Å². The van der Waals surface area contributed by atoms with Gasteiger partial charge in [0.15, 0.2) is 11.5 Å². The lowest BCUT2D eigenvalue weighted by atomic mass is 10.1. The number of benzene rings is 3. The second kappa shape index (κ2) is 9.28. The highest BCUT2D eigenvalue weighted by molar-refractivity contribution is 5.91. The van der Waals surface area contributed by atoms with Crippen molar-refractivity contribution in [2.75, 3.05) is 7.11 Å². The van der Waals surface area contributed by atoms with Crippen LogP contribution in [0.5, 0.6) is 11.5 Å². The summed E-state index contributed by atoms with van der Waals surface area (Å²) in [6.07, 6.45) is 1.69. The Morgan fingerprint density at radius 2 is 2.00 bits per heavy atom. The summed E-state index contributed by atoms with van der Waals surface area (Å²) in [7, 11) is 1.54. The van der Waals surface area contributed by atoms with Crippen molar-refractivity contribution in [1.29, 1.82) is 5.26 Å². The highest BCUT2D eigenvalue weighted by Crippen LogP contribution is 2.34. The monoisotopic (exact) mass is 439 g/mol. The average Bonchev–Trinajstić information content (AvgIpc) is 3.24. The third-order valence-corrected chi connectivity index (χ3v) is 5.10. The van der Waals surface area contributed by atoms with Crippen LogP contribution in [0.15, 0.2) is 60.7 Å². The molecule has 3 aromatic carbocycles. The Bertz CT molecular complexity index is 1410. The highest BCUT2D eigenvalue weighted by Gasteiger charge is 2.14. The van der Waals surface area contributed by atoms with Crippen molar-refractivity contribution in [2.45, 2.75) is 13.5 Å². The van der Waals surface area contributed by atoms with Crippen molar-refractivity contribution in [2.24, 2.45) is 0 Å². The maximum Gasteiger partial charge on any atom is 0.335 e. The molecule has 2 N–H and O–H groups in total. The first kappa shape index (κ1) is 21.7. The van der Waals surface area contributed by atoms with Crippen LogP contribution < -0.4 is 9.47 Å². The number of allylic oxidation sites excluding steroid dienone is 1. The lowest BCUT2D eigenvalue weighted by Crippen LogP contribution is -2.02. The zero-order chi connectivity index (χ0) is 23.4. The van der Waals surface area contributed by atoms with Gasteiger partial charge in [0.1, 0.15) is 18.5 Å². The van der Waals surface area contributed by atoms with Gasteiger partial charge >= 0.3 is 5.97 Å². The molecule has 0 unspecified atom stereocenters. The quantitative estimate of drug-likeness (QED) is 0.382. The number of aryl methyl sites for hydroxylation is 1. The molecule has 0 aliphatic carbocycles. The number of fused-ring (bicyclic) bond motifs is 1.